The third kappa shape index (κ3) is 5.50. The van der Waals surface area contributed by atoms with Gasteiger partial charge in [0.2, 0.25) is 5.91 Å². The normalized spacial score (nSPS) is 12.4. The van der Waals surface area contributed by atoms with E-state index in [1.807, 2.05) is 38.1 Å². The van der Waals surface area contributed by atoms with E-state index < -0.39 is 17.4 Å². The molecule has 3 aromatic rings. The SMILES string of the molecule is Cc1ccc([C@H](C)NC(=O)Cn2nc3c(NC(=O)OC(C)(C)C)cccn3c2=O)cc1. The van der Waals surface area contributed by atoms with Gasteiger partial charge in [-0.3, -0.25) is 10.1 Å². The van der Waals surface area contributed by atoms with Crippen LogP contribution < -0.4 is 16.3 Å². The molecule has 3 rings (SSSR count). The van der Waals surface area contributed by atoms with Crippen molar-refractivity contribution < 1.29 is 14.3 Å². The van der Waals surface area contributed by atoms with E-state index in [1.54, 1.807) is 32.9 Å². The molecule has 0 aliphatic rings. The van der Waals surface area contributed by atoms with Gasteiger partial charge in [0.05, 0.1) is 11.7 Å². The minimum absolute atomic E-state index is 0.217. The maximum atomic E-state index is 12.7. The Labute approximate surface area is 180 Å². The van der Waals surface area contributed by atoms with E-state index in [0.717, 1.165) is 15.8 Å². The van der Waals surface area contributed by atoms with Crippen molar-refractivity contribution in [2.24, 2.45) is 0 Å². The highest BCUT2D eigenvalue weighted by molar-refractivity contribution is 5.89. The number of carbonyl (C=O) groups is 2. The van der Waals surface area contributed by atoms with Gasteiger partial charge in [0.1, 0.15) is 12.1 Å². The van der Waals surface area contributed by atoms with E-state index in [2.05, 4.69) is 15.7 Å². The minimum Gasteiger partial charge on any atom is -0.444 e. The molecule has 0 aliphatic heterocycles. The highest BCUT2D eigenvalue weighted by Crippen LogP contribution is 2.16. The Kier molecular flexibility index (Phi) is 6.14. The molecule has 0 fully saturated rings. The smallest absolute Gasteiger partial charge is 0.412 e. The number of rotatable bonds is 5. The van der Waals surface area contributed by atoms with Crippen molar-refractivity contribution in [1.29, 1.82) is 0 Å². The van der Waals surface area contributed by atoms with Crippen LogP contribution in [0.5, 0.6) is 0 Å². The van der Waals surface area contributed by atoms with Gasteiger partial charge in [0.25, 0.3) is 0 Å². The summed E-state index contributed by atoms with van der Waals surface area (Å²) in [6.45, 7) is 8.88. The molecule has 9 nitrogen and oxygen atoms in total. The number of nitrogens with zero attached hydrogens (tertiary/aromatic N) is 3. The quantitative estimate of drug-likeness (QED) is 0.653. The average molecular weight is 425 g/mol. The monoisotopic (exact) mass is 425 g/mol. The molecule has 1 aromatic carbocycles. The summed E-state index contributed by atoms with van der Waals surface area (Å²) < 4.78 is 7.58. The molecular formula is C22H27N5O4. The predicted octanol–water partition coefficient (Wildman–Crippen LogP) is 3.03. The second kappa shape index (κ2) is 8.63. The Balaban J connectivity index is 1.76. The lowest BCUT2D eigenvalue weighted by Crippen LogP contribution is -2.34. The van der Waals surface area contributed by atoms with Gasteiger partial charge in [-0.2, -0.15) is 0 Å². The highest BCUT2D eigenvalue weighted by atomic mass is 16.6. The van der Waals surface area contributed by atoms with Crippen molar-refractivity contribution in [3.8, 4) is 0 Å². The van der Waals surface area contributed by atoms with Crippen molar-refractivity contribution in [3.05, 3.63) is 64.2 Å². The second-order valence-corrected chi connectivity index (χ2v) is 8.38. The maximum Gasteiger partial charge on any atom is 0.412 e. The number of hydrogen-bond acceptors (Lipinski definition) is 5. The lowest BCUT2D eigenvalue weighted by Gasteiger charge is -2.19. The third-order valence-corrected chi connectivity index (χ3v) is 4.49. The number of pyridine rings is 1. The number of aryl methyl sites for hydroxylation is 1. The fourth-order valence-corrected chi connectivity index (χ4v) is 3.01. The molecule has 0 bridgehead atoms. The second-order valence-electron chi connectivity index (χ2n) is 8.38. The summed E-state index contributed by atoms with van der Waals surface area (Å²) in [5.74, 6) is -0.347. The molecule has 0 unspecified atom stereocenters. The van der Waals surface area contributed by atoms with E-state index in [1.165, 1.54) is 10.6 Å². The van der Waals surface area contributed by atoms with Crippen LogP contribution in [-0.4, -0.2) is 31.8 Å². The lowest BCUT2D eigenvalue weighted by molar-refractivity contribution is -0.122. The fraction of sp³-hybridized carbons (Fsp3) is 0.364. The first-order valence-electron chi connectivity index (χ1n) is 9.97. The molecule has 0 aliphatic carbocycles. The number of nitrogens with one attached hydrogen (secondary N) is 2. The van der Waals surface area contributed by atoms with E-state index in [0.29, 0.717) is 5.69 Å². The van der Waals surface area contributed by atoms with Crippen molar-refractivity contribution in [2.45, 2.75) is 52.8 Å². The molecule has 31 heavy (non-hydrogen) atoms. The van der Waals surface area contributed by atoms with Crippen molar-refractivity contribution in [2.75, 3.05) is 5.32 Å². The van der Waals surface area contributed by atoms with Gasteiger partial charge in [0, 0.05) is 6.20 Å². The largest absolute Gasteiger partial charge is 0.444 e. The van der Waals surface area contributed by atoms with E-state index >= 15 is 0 Å². The number of anilines is 1. The molecule has 0 saturated carbocycles. The molecule has 2 N–H and O–H groups in total. The Bertz CT molecular complexity index is 1160. The summed E-state index contributed by atoms with van der Waals surface area (Å²) in [7, 11) is 0. The molecule has 0 saturated heterocycles. The Morgan fingerprint density at radius 3 is 2.48 bits per heavy atom. The van der Waals surface area contributed by atoms with Crippen molar-refractivity contribution >= 4 is 23.3 Å². The van der Waals surface area contributed by atoms with Crippen LogP contribution in [0.15, 0.2) is 47.4 Å². The van der Waals surface area contributed by atoms with Crippen LogP contribution in [0.2, 0.25) is 0 Å². The van der Waals surface area contributed by atoms with Crippen LogP contribution in [0.4, 0.5) is 10.5 Å². The van der Waals surface area contributed by atoms with Gasteiger partial charge in [-0.1, -0.05) is 29.8 Å². The van der Waals surface area contributed by atoms with Crippen LogP contribution in [-0.2, 0) is 16.1 Å². The third-order valence-electron chi connectivity index (χ3n) is 4.49. The summed E-state index contributed by atoms with van der Waals surface area (Å²) in [4.78, 5) is 37.3. The number of ether oxygens (including phenoxy) is 1. The zero-order chi connectivity index (χ0) is 22.8. The topological polar surface area (TPSA) is 107 Å². The summed E-state index contributed by atoms with van der Waals surface area (Å²) >= 11 is 0. The van der Waals surface area contributed by atoms with Gasteiger partial charge in [-0.25, -0.2) is 18.7 Å². The molecule has 1 atom stereocenters. The first-order valence-corrected chi connectivity index (χ1v) is 9.97. The van der Waals surface area contributed by atoms with Crippen LogP contribution in [0.3, 0.4) is 0 Å². The van der Waals surface area contributed by atoms with E-state index in [4.69, 9.17) is 4.74 Å². The molecule has 2 amide bonds. The van der Waals surface area contributed by atoms with Crippen molar-refractivity contribution in [3.63, 3.8) is 0 Å². The van der Waals surface area contributed by atoms with Crippen LogP contribution in [0, 0.1) is 6.92 Å². The summed E-state index contributed by atoms with van der Waals surface area (Å²) in [6, 6.07) is 10.8. The number of fused-ring (bicyclic) bond motifs is 1. The number of benzene rings is 1. The Morgan fingerprint density at radius 1 is 1.16 bits per heavy atom. The lowest BCUT2D eigenvalue weighted by atomic mass is 10.1. The molecule has 2 heterocycles. The van der Waals surface area contributed by atoms with Crippen LogP contribution in [0.1, 0.15) is 44.9 Å². The molecule has 0 spiro atoms. The first-order chi connectivity index (χ1) is 14.5. The Morgan fingerprint density at radius 2 is 1.84 bits per heavy atom. The molecule has 164 valence electrons. The van der Waals surface area contributed by atoms with Gasteiger partial charge in [-0.05, 0) is 52.3 Å². The standard InChI is InChI=1S/C22H27N5O4/c1-14-8-10-16(11-9-14)15(2)23-18(28)13-27-21(30)26-12-6-7-17(19(26)25-27)24-20(29)31-22(3,4)5/h6-12,15H,13H2,1-5H3,(H,23,28)(H,24,29)/t15-/m0/s1. The van der Waals surface area contributed by atoms with Crippen LogP contribution in [0.25, 0.3) is 5.65 Å². The molecule has 0 radical (unpaired) electrons. The number of aromatic nitrogens is 3. The van der Waals surface area contributed by atoms with Crippen molar-refractivity contribution in [1.82, 2.24) is 19.5 Å². The maximum absolute atomic E-state index is 12.7. The zero-order valence-corrected chi connectivity index (χ0v) is 18.3. The molecule has 9 heteroatoms. The van der Waals surface area contributed by atoms with Gasteiger partial charge in [0.15, 0.2) is 5.65 Å². The summed E-state index contributed by atoms with van der Waals surface area (Å²) in [5.41, 5.74) is 1.47. The summed E-state index contributed by atoms with van der Waals surface area (Å²) in [5, 5.41) is 9.70. The van der Waals surface area contributed by atoms with Gasteiger partial charge in [-0.15, -0.1) is 5.10 Å². The van der Waals surface area contributed by atoms with E-state index in [9.17, 15) is 14.4 Å². The predicted molar refractivity (Wildman–Crippen MR) is 117 cm³/mol. The average Bonchev–Trinajstić information content (AvgIpc) is 2.97. The molecule has 2 aromatic heterocycles. The number of hydrogen-bond donors (Lipinski definition) is 2. The zero-order valence-electron chi connectivity index (χ0n) is 18.3. The number of amides is 2. The Hall–Kier alpha value is -3.62. The van der Waals surface area contributed by atoms with Gasteiger partial charge < -0.3 is 10.1 Å². The number of carbonyl (C=O) groups excluding carboxylic acids is 2. The minimum atomic E-state index is -0.666. The highest BCUT2D eigenvalue weighted by Gasteiger charge is 2.19. The summed E-state index contributed by atoms with van der Waals surface area (Å²) in [6.07, 6.45) is 0.862. The molecular weight excluding hydrogens is 398 g/mol. The van der Waals surface area contributed by atoms with E-state index in [-0.39, 0.29) is 24.1 Å². The van der Waals surface area contributed by atoms with Gasteiger partial charge >= 0.3 is 11.8 Å². The fourth-order valence-electron chi connectivity index (χ4n) is 3.01. The first kappa shape index (κ1) is 22.1. The van der Waals surface area contributed by atoms with Crippen LogP contribution >= 0.6 is 0 Å².